The maximum atomic E-state index is 13.3. The standard InChI is InChI=1S/C23H30ClFN4O3/c1-14-18(8-9-20(25)28-14)22(30)16-4-6-17(7-5-16)29-23(31)21(24)19(12-27-29)26-11-15-3-2-10-32-13-15/h8-9,12,15-17,22,26,30H,2-7,10-11,13H2,1H3/t15?,16-,17-,22?. The number of nitrogens with zero attached hydrogens (tertiary/aromatic N) is 3. The van der Waals surface area contributed by atoms with E-state index < -0.39 is 12.1 Å². The zero-order valence-corrected chi connectivity index (χ0v) is 19.0. The molecule has 0 bridgehead atoms. The number of nitrogens with one attached hydrogen (secondary N) is 1. The second-order valence-corrected chi connectivity index (χ2v) is 9.29. The molecule has 1 saturated heterocycles. The number of aryl methyl sites for hydroxylation is 1. The molecule has 174 valence electrons. The minimum Gasteiger partial charge on any atom is -0.388 e. The summed E-state index contributed by atoms with van der Waals surface area (Å²) in [6, 6.07) is 2.82. The van der Waals surface area contributed by atoms with Crippen molar-refractivity contribution in [2.24, 2.45) is 11.8 Å². The lowest BCUT2D eigenvalue weighted by atomic mass is 9.80. The predicted octanol–water partition coefficient (Wildman–Crippen LogP) is 4.04. The molecule has 2 unspecified atom stereocenters. The second-order valence-electron chi connectivity index (χ2n) is 8.91. The van der Waals surface area contributed by atoms with E-state index in [1.165, 1.54) is 10.7 Å². The molecule has 0 amide bonds. The normalized spacial score (nSPS) is 24.8. The molecule has 2 aromatic heterocycles. The van der Waals surface area contributed by atoms with Gasteiger partial charge in [-0.3, -0.25) is 4.79 Å². The average molecular weight is 465 g/mol. The number of aliphatic hydroxyl groups is 1. The molecule has 9 heteroatoms. The SMILES string of the molecule is Cc1nc(F)ccc1C(O)[C@H]1CC[C@H](n2ncc(NCC3CCCOC3)c(Cl)c2=O)CC1. The Hall–Kier alpha value is -2.03. The fourth-order valence-corrected chi connectivity index (χ4v) is 5.02. The molecule has 2 atom stereocenters. The van der Waals surface area contributed by atoms with Crippen LogP contribution in [0.1, 0.15) is 61.9 Å². The molecule has 0 radical (unpaired) electrons. The highest BCUT2D eigenvalue weighted by Gasteiger charge is 2.30. The third-order valence-electron chi connectivity index (χ3n) is 6.72. The van der Waals surface area contributed by atoms with Crippen molar-refractivity contribution in [1.29, 1.82) is 0 Å². The van der Waals surface area contributed by atoms with E-state index in [4.69, 9.17) is 16.3 Å². The van der Waals surface area contributed by atoms with Crippen molar-refractivity contribution >= 4 is 17.3 Å². The Kier molecular flexibility index (Phi) is 7.43. The first kappa shape index (κ1) is 23.1. The summed E-state index contributed by atoms with van der Waals surface area (Å²) in [5.74, 6) is -0.111. The summed E-state index contributed by atoms with van der Waals surface area (Å²) in [4.78, 5) is 16.7. The number of hydrogen-bond acceptors (Lipinski definition) is 6. The molecule has 3 heterocycles. The van der Waals surface area contributed by atoms with Gasteiger partial charge in [-0.2, -0.15) is 9.49 Å². The quantitative estimate of drug-likeness (QED) is 0.627. The van der Waals surface area contributed by atoms with Crippen LogP contribution in [-0.4, -0.2) is 39.6 Å². The zero-order valence-electron chi connectivity index (χ0n) is 18.3. The van der Waals surface area contributed by atoms with Crippen molar-refractivity contribution in [3.05, 3.63) is 50.9 Å². The van der Waals surface area contributed by atoms with Gasteiger partial charge < -0.3 is 15.2 Å². The van der Waals surface area contributed by atoms with E-state index in [1.54, 1.807) is 19.2 Å². The van der Waals surface area contributed by atoms with E-state index >= 15 is 0 Å². The Bertz CT molecular complexity index is 988. The van der Waals surface area contributed by atoms with Crippen LogP contribution >= 0.6 is 11.6 Å². The molecule has 4 rings (SSSR count). The summed E-state index contributed by atoms with van der Waals surface area (Å²) in [5.41, 5.74) is 1.43. The lowest BCUT2D eigenvalue weighted by molar-refractivity contribution is 0.0595. The number of halogens is 2. The maximum absolute atomic E-state index is 13.3. The zero-order chi connectivity index (χ0) is 22.7. The monoisotopic (exact) mass is 464 g/mol. The van der Waals surface area contributed by atoms with Gasteiger partial charge in [-0.25, -0.2) is 9.67 Å². The smallest absolute Gasteiger partial charge is 0.287 e. The topological polar surface area (TPSA) is 89.3 Å². The first-order chi connectivity index (χ1) is 15.4. The van der Waals surface area contributed by atoms with E-state index in [1.807, 2.05) is 0 Å². The predicted molar refractivity (Wildman–Crippen MR) is 120 cm³/mol. The number of ether oxygens (including phenoxy) is 1. The van der Waals surface area contributed by atoms with Gasteiger partial charge in [0, 0.05) is 24.4 Å². The fraction of sp³-hybridized carbons (Fsp3) is 0.609. The van der Waals surface area contributed by atoms with E-state index in [0.29, 0.717) is 42.2 Å². The minimum atomic E-state index is -0.701. The van der Waals surface area contributed by atoms with Crippen LogP contribution in [0.15, 0.2) is 23.1 Å². The lowest BCUT2D eigenvalue weighted by Gasteiger charge is -2.32. The van der Waals surface area contributed by atoms with Crippen LogP contribution < -0.4 is 10.9 Å². The number of hydrogen-bond donors (Lipinski definition) is 2. The fourth-order valence-electron chi connectivity index (χ4n) is 4.82. The van der Waals surface area contributed by atoms with Crippen LogP contribution in [-0.2, 0) is 4.74 Å². The molecule has 1 aliphatic heterocycles. The molecule has 32 heavy (non-hydrogen) atoms. The van der Waals surface area contributed by atoms with Crippen molar-refractivity contribution in [3.8, 4) is 0 Å². The molecule has 0 spiro atoms. The third-order valence-corrected chi connectivity index (χ3v) is 7.09. The van der Waals surface area contributed by atoms with Crippen molar-refractivity contribution in [2.75, 3.05) is 25.1 Å². The Morgan fingerprint density at radius 3 is 2.78 bits per heavy atom. The van der Waals surface area contributed by atoms with Gasteiger partial charge in [0.1, 0.15) is 5.02 Å². The highest BCUT2D eigenvalue weighted by molar-refractivity contribution is 6.32. The Morgan fingerprint density at radius 1 is 1.31 bits per heavy atom. The van der Waals surface area contributed by atoms with Gasteiger partial charge in [0.2, 0.25) is 5.95 Å². The summed E-state index contributed by atoms with van der Waals surface area (Å²) >= 11 is 6.38. The summed E-state index contributed by atoms with van der Waals surface area (Å²) in [6.45, 7) is 3.94. The Balaban J connectivity index is 1.37. The summed E-state index contributed by atoms with van der Waals surface area (Å²) < 4.78 is 20.3. The van der Waals surface area contributed by atoms with Crippen molar-refractivity contribution in [1.82, 2.24) is 14.8 Å². The molecule has 2 aliphatic rings. The van der Waals surface area contributed by atoms with E-state index in [9.17, 15) is 14.3 Å². The second kappa shape index (κ2) is 10.3. The van der Waals surface area contributed by atoms with Gasteiger partial charge >= 0.3 is 0 Å². The van der Waals surface area contributed by atoms with Gasteiger partial charge in [-0.15, -0.1) is 0 Å². The maximum Gasteiger partial charge on any atom is 0.287 e. The van der Waals surface area contributed by atoms with Crippen molar-refractivity contribution in [2.45, 2.75) is 57.6 Å². The van der Waals surface area contributed by atoms with Crippen LogP contribution in [0.5, 0.6) is 0 Å². The van der Waals surface area contributed by atoms with E-state index in [-0.39, 0.29) is 22.5 Å². The highest BCUT2D eigenvalue weighted by atomic mass is 35.5. The average Bonchev–Trinajstić information content (AvgIpc) is 2.80. The first-order valence-corrected chi connectivity index (χ1v) is 11.7. The molecular weight excluding hydrogens is 435 g/mol. The van der Waals surface area contributed by atoms with Gasteiger partial charge in [-0.05, 0) is 63.4 Å². The number of aliphatic hydroxyl groups excluding tert-OH is 1. The molecule has 0 aromatic carbocycles. The van der Waals surface area contributed by atoms with Crippen LogP contribution in [0.25, 0.3) is 0 Å². The van der Waals surface area contributed by atoms with Crippen molar-refractivity contribution < 1.29 is 14.2 Å². The van der Waals surface area contributed by atoms with Crippen LogP contribution in [0.2, 0.25) is 5.02 Å². The van der Waals surface area contributed by atoms with E-state index in [2.05, 4.69) is 15.4 Å². The van der Waals surface area contributed by atoms with Gasteiger partial charge in [0.25, 0.3) is 5.56 Å². The summed E-state index contributed by atoms with van der Waals surface area (Å²) in [6.07, 6.45) is 5.96. The molecule has 1 saturated carbocycles. The van der Waals surface area contributed by atoms with Crippen LogP contribution in [0, 0.1) is 24.7 Å². The molecular formula is C23H30ClFN4O3. The summed E-state index contributed by atoms with van der Waals surface area (Å²) in [7, 11) is 0. The van der Waals surface area contributed by atoms with Crippen molar-refractivity contribution in [3.63, 3.8) is 0 Å². The summed E-state index contributed by atoms with van der Waals surface area (Å²) in [5, 5.41) is 18.6. The number of anilines is 1. The number of aromatic nitrogens is 3. The minimum absolute atomic E-state index is 0.0297. The third kappa shape index (κ3) is 5.13. The Labute approximate surface area is 192 Å². The largest absolute Gasteiger partial charge is 0.388 e. The van der Waals surface area contributed by atoms with Gasteiger partial charge in [0.05, 0.1) is 30.6 Å². The van der Waals surface area contributed by atoms with Crippen LogP contribution in [0.4, 0.5) is 10.1 Å². The first-order valence-electron chi connectivity index (χ1n) is 11.3. The van der Waals surface area contributed by atoms with Gasteiger partial charge in [0.15, 0.2) is 0 Å². The molecule has 2 N–H and O–H groups in total. The number of rotatable bonds is 6. The number of pyridine rings is 1. The highest BCUT2D eigenvalue weighted by Crippen LogP contribution is 2.39. The lowest BCUT2D eigenvalue weighted by Crippen LogP contribution is -2.32. The van der Waals surface area contributed by atoms with E-state index in [0.717, 1.165) is 38.9 Å². The Morgan fingerprint density at radius 2 is 2.09 bits per heavy atom. The molecule has 7 nitrogen and oxygen atoms in total. The van der Waals surface area contributed by atoms with Gasteiger partial charge in [-0.1, -0.05) is 17.7 Å². The van der Waals surface area contributed by atoms with Crippen LogP contribution in [0.3, 0.4) is 0 Å². The molecule has 2 aromatic rings. The molecule has 2 fully saturated rings. The molecule has 1 aliphatic carbocycles.